The van der Waals surface area contributed by atoms with E-state index in [0.29, 0.717) is 0 Å². The lowest BCUT2D eigenvalue weighted by atomic mass is 10.2. The topological polar surface area (TPSA) is 29.9 Å². The SMILES string of the molecule is CCCn1ccnc1CNCc1cscc1C. The van der Waals surface area contributed by atoms with Gasteiger partial charge in [-0.05, 0) is 35.2 Å². The van der Waals surface area contributed by atoms with Gasteiger partial charge in [-0.15, -0.1) is 0 Å². The second-order valence-electron chi connectivity index (χ2n) is 4.22. The second-order valence-corrected chi connectivity index (χ2v) is 4.96. The molecule has 2 heterocycles. The molecule has 0 radical (unpaired) electrons. The Bertz CT molecular complexity index is 459. The number of hydrogen-bond donors (Lipinski definition) is 1. The molecule has 0 unspecified atom stereocenters. The molecule has 4 heteroatoms. The maximum absolute atomic E-state index is 4.38. The predicted octanol–water partition coefficient (Wildman–Crippen LogP) is 2.95. The normalized spacial score (nSPS) is 10.9. The minimum atomic E-state index is 0.836. The van der Waals surface area contributed by atoms with Crippen molar-refractivity contribution in [2.75, 3.05) is 0 Å². The van der Waals surface area contributed by atoms with Crippen LogP contribution in [0.2, 0.25) is 0 Å². The maximum Gasteiger partial charge on any atom is 0.122 e. The zero-order chi connectivity index (χ0) is 12.1. The zero-order valence-corrected chi connectivity index (χ0v) is 11.3. The van der Waals surface area contributed by atoms with Gasteiger partial charge in [-0.3, -0.25) is 0 Å². The van der Waals surface area contributed by atoms with Gasteiger partial charge in [0.1, 0.15) is 5.82 Å². The Kier molecular flexibility index (Phi) is 4.34. The highest BCUT2D eigenvalue weighted by atomic mass is 32.1. The van der Waals surface area contributed by atoms with E-state index in [1.807, 2.05) is 6.20 Å². The van der Waals surface area contributed by atoms with Crippen molar-refractivity contribution in [1.82, 2.24) is 14.9 Å². The third kappa shape index (κ3) is 3.17. The number of rotatable bonds is 6. The number of thiophene rings is 1. The Morgan fingerprint density at radius 3 is 2.94 bits per heavy atom. The van der Waals surface area contributed by atoms with Crippen LogP contribution in [-0.4, -0.2) is 9.55 Å². The van der Waals surface area contributed by atoms with E-state index in [-0.39, 0.29) is 0 Å². The van der Waals surface area contributed by atoms with Crippen molar-refractivity contribution in [3.63, 3.8) is 0 Å². The summed E-state index contributed by atoms with van der Waals surface area (Å²) in [6.07, 6.45) is 5.08. The van der Waals surface area contributed by atoms with Crippen LogP contribution in [0.15, 0.2) is 23.2 Å². The maximum atomic E-state index is 4.38. The summed E-state index contributed by atoms with van der Waals surface area (Å²) in [4.78, 5) is 4.38. The molecular weight excluding hydrogens is 230 g/mol. The smallest absolute Gasteiger partial charge is 0.122 e. The van der Waals surface area contributed by atoms with Crippen LogP contribution in [0.4, 0.5) is 0 Å². The summed E-state index contributed by atoms with van der Waals surface area (Å²) in [6.45, 7) is 7.16. The van der Waals surface area contributed by atoms with Crippen LogP contribution >= 0.6 is 11.3 Å². The number of aryl methyl sites for hydroxylation is 2. The van der Waals surface area contributed by atoms with Crippen molar-refractivity contribution in [3.05, 3.63) is 40.1 Å². The standard InChI is InChI=1S/C13H19N3S/c1-3-5-16-6-4-15-13(16)8-14-7-12-10-17-9-11(12)2/h4,6,9-10,14H,3,5,7-8H2,1-2H3. The first-order chi connectivity index (χ1) is 8.31. The number of nitrogens with one attached hydrogen (secondary N) is 1. The molecule has 2 aromatic heterocycles. The molecule has 92 valence electrons. The van der Waals surface area contributed by atoms with Gasteiger partial charge in [0.05, 0.1) is 6.54 Å². The molecule has 17 heavy (non-hydrogen) atoms. The van der Waals surface area contributed by atoms with Crippen molar-refractivity contribution < 1.29 is 0 Å². The number of imidazole rings is 1. The average Bonchev–Trinajstić information content (AvgIpc) is 2.90. The Morgan fingerprint density at radius 2 is 2.24 bits per heavy atom. The molecule has 0 aliphatic carbocycles. The Hall–Kier alpha value is -1.13. The van der Waals surface area contributed by atoms with E-state index in [1.54, 1.807) is 11.3 Å². The zero-order valence-electron chi connectivity index (χ0n) is 10.4. The monoisotopic (exact) mass is 249 g/mol. The fourth-order valence-electron chi connectivity index (χ4n) is 1.83. The van der Waals surface area contributed by atoms with Gasteiger partial charge in [-0.1, -0.05) is 6.92 Å². The number of nitrogens with zero attached hydrogens (tertiary/aromatic N) is 2. The van der Waals surface area contributed by atoms with E-state index in [1.165, 1.54) is 11.1 Å². The molecule has 0 fully saturated rings. The Labute approximate surface area is 107 Å². The lowest BCUT2D eigenvalue weighted by molar-refractivity contribution is 0.588. The van der Waals surface area contributed by atoms with Crippen LogP contribution in [0.3, 0.4) is 0 Å². The predicted molar refractivity (Wildman–Crippen MR) is 72.1 cm³/mol. The summed E-state index contributed by atoms with van der Waals surface area (Å²) >= 11 is 1.76. The fraction of sp³-hybridized carbons (Fsp3) is 0.462. The van der Waals surface area contributed by atoms with Crippen LogP contribution in [-0.2, 0) is 19.6 Å². The molecule has 0 atom stereocenters. The van der Waals surface area contributed by atoms with E-state index in [0.717, 1.165) is 31.9 Å². The summed E-state index contributed by atoms with van der Waals surface area (Å²) in [5.41, 5.74) is 2.77. The molecule has 3 nitrogen and oxygen atoms in total. The van der Waals surface area contributed by atoms with Gasteiger partial charge in [0.25, 0.3) is 0 Å². The summed E-state index contributed by atoms with van der Waals surface area (Å²) < 4.78 is 2.22. The highest BCUT2D eigenvalue weighted by molar-refractivity contribution is 7.08. The van der Waals surface area contributed by atoms with Gasteiger partial charge in [-0.25, -0.2) is 4.98 Å². The van der Waals surface area contributed by atoms with E-state index < -0.39 is 0 Å². The van der Waals surface area contributed by atoms with Crippen LogP contribution < -0.4 is 5.32 Å². The highest BCUT2D eigenvalue weighted by Gasteiger charge is 2.02. The van der Waals surface area contributed by atoms with E-state index >= 15 is 0 Å². The molecule has 1 N–H and O–H groups in total. The van der Waals surface area contributed by atoms with Gasteiger partial charge in [0.2, 0.25) is 0 Å². The van der Waals surface area contributed by atoms with Gasteiger partial charge < -0.3 is 9.88 Å². The summed E-state index contributed by atoms with van der Waals surface area (Å²) in [7, 11) is 0. The molecular formula is C13H19N3S. The first-order valence-electron chi connectivity index (χ1n) is 6.03. The second kappa shape index (κ2) is 5.98. The molecule has 2 rings (SSSR count). The average molecular weight is 249 g/mol. The lowest BCUT2D eigenvalue weighted by Crippen LogP contribution is -2.16. The van der Waals surface area contributed by atoms with E-state index in [9.17, 15) is 0 Å². The van der Waals surface area contributed by atoms with Crippen molar-refractivity contribution in [1.29, 1.82) is 0 Å². The van der Waals surface area contributed by atoms with Gasteiger partial charge in [-0.2, -0.15) is 11.3 Å². The molecule has 0 saturated carbocycles. The Balaban J connectivity index is 1.86. The Morgan fingerprint density at radius 1 is 1.35 bits per heavy atom. The molecule has 0 spiro atoms. The van der Waals surface area contributed by atoms with Gasteiger partial charge in [0.15, 0.2) is 0 Å². The van der Waals surface area contributed by atoms with Gasteiger partial charge in [0, 0.05) is 25.5 Å². The molecule has 0 aliphatic heterocycles. The summed E-state index contributed by atoms with van der Waals surface area (Å²) in [5.74, 6) is 1.12. The molecule has 0 saturated heterocycles. The largest absolute Gasteiger partial charge is 0.334 e. The summed E-state index contributed by atoms with van der Waals surface area (Å²) in [5, 5.41) is 7.85. The number of aromatic nitrogens is 2. The van der Waals surface area contributed by atoms with Crippen LogP contribution in [0, 0.1) is 6.92 Å². The molecule has 2 aromatic rings. The molecule has 0 aliphatic rings. The van der Waals surface area contributed by atoms with Crippen LogP contribution in [0.1, 0.15) is 30.3 Å². The first kappa shape index (κ1) is 12.3. The molecule has 0 aromatic carbocycles. The van der Waals surface area contributed by atoms with Crippen molar-refractivity contribution in [2.45, 2.75) is 39.9 Å². The number of hydrogen-bond acceptors (Lipinski definition) is 3. The summed E-state index contributed by atoms with van der Waals surface area (Å²) in [6, 6.07) is 0. The van der Waals surface area contributed by atoms with Crippen molar-refractivity contribution >= 4 is 11.3 Å². The molecule has 0 amide bonds. The van der Waals surface area contributed by atoms with E-state index in [2.05, 4.69) is 45.7 Å². The van der Waals surface area contributed by atoms with Crippen molar-refractivity contribution in [2.24, 2.45) is 0 Å². The highest BCUT2D eigenvalue weighted by Crippen LogP contribution is 2.13. The first-order valence-corrected chi connectivity index (χ1v) is 6.98. The van der Waals surface area contributed by atoms with Crippen molar-refractivity contribution in [3.8, 4) is 0 Å². The van der Waals surface area contributed by atoms with E-state index in [4.69, 9.17) is 0 Å². The van der Waals surface area contributed by atoms with Crippen LogP contribution in [0.5, 0.6) is 0 Å². The van der Waals surface area contributed by atoms with Gasteiger partial charge >= 0.3 is 0 Å². The lowest BCUT2D eigenvalue weighted by Gasteiger charge is -2.07. The minimum absolute atomic E-state index is 0.836. The third-order valence-electron chi connectivity index (χ3n) is 2.83. The third-order valence-corrected chi connectivity index (χ3v) is 3.74. The quantitative estimate of drug-likeness (QED) is 0.853. The van der Waals surface area contributed by atoms with Crippen LogP contribution in [0.25, 0.3) is 0 Å². The minimum Gasteiger partial charge on any atom is -0.334 e. The fourth-order valence-corrected chi connectivity index (χ4v) is 2.69. The molecule has 0 bridgehead atoms.